The molecule has 1 aromatic carbocycles. The van der Waals surface area contributed by atoms with Gasteiger partial charge in [0.25, 0.3) is 0 Å². The Morgan fingerprint density at radius 3 is 2.53 bits per heavy atom. The SMILES string of the molecule is Cl.O=S(=O)(NCC1CCNCC1)c1ccccc1Br. The fraction of sp³-hybridized carbons (Fsp3) is 0.500. The summed E-state index contributed by atoms with van der Waals surface area (Å²) in [5, 5.41) is 3.27. The smallest absolute Gasteiger partial charge is 0.241 e. The van der Waals surface area contributed by atoms with E-state index in [2.05, 4.69) is 26.0 Å². The van der Waals surface area contributed by atoms with Gasteiger partial charge >= 0.3 is 0 Å². The molecule has 0 saturated carbocycles. The van der Waals surface area contributed by atoms with Gasteiger partial charge in [0.05, 0.1) is 4.90 Å². The molecule has 0 amide bonds. The van der Waals surface area contributed by atoms with Crippen molar-refractivity contribution in [1.29, 1.82) is 0 Å². The molecule has 19 heavy (non-hydrogen) atoms. The highest BCUT2D eigenvalue weighted by atomic mass is 79.9. The van der Waals surface area contributed by atoms with Crippen LogP contribution in [-0.4, -0.2) is 28.1 Å². The van der Waals surface area contributed by atoms with Crippen molar-refractivity contribution in [1.82, 2.24) is 10.0 Å². The van der Waals surface area contributed by atoms with Gasteiger partial charge in [-0.3, -0.25) is 0 Å². The maximum Gasteiger partial charge on any atom is 0.241 e. The lowest BCUT2D eigenvalue weighted by molar-refractivity contribution is 0.372. The average Bonchev–Trinajstić information content (AvgIpc) is 2.38. The summed E-state index contributed by atoms with van der Waals surface area (Å²) in [7, 11) is -3.41. The van der Waals surface area contributed by atoms with Gasteiger partial charge < -0.3 is 5.32 Å². The lowest BCUT2D eigenvalue weighted by atomic mass is 9.99. The highest BCUT2D eigenvalue weighted by molar-refractivity contribution is 9.10. The lowest BCUT2D eigenvalue weighted by Crippen LogP contribution is -2.36. The number of piperidine rings is 1. The van der Waals surface area contributed by atoms with Crippen molar-refractivity contribution in [2.24, 2.45) is 5.92 Å². The van der Waals surface area contributed by atoms with E-state index in [0.717, 1.165) is 25.9 Å². The Labute approximate surface area is 128 Å². The molecule has 1 fully saturated rings. The fourth-order valence-electron chi connectivity index (χ4n) is 2.05. The first-order valence-electron chi connectivity index (χ1n) is 6.04. The predicted octanol–water partition coefficient (Wildman–Crippen LogP) is 2.15. The fourth-order valence-corrected chi connectivity index (χ4v) is 4.17. The highest BCUT2D eigenvalue weighted by Crippen LogP contribution is 2.21. The number of rotatable bonds is 4. The van der Waals surface area contributed by atoms with Crippen molar-refractivity contribution in [3.8, 4) is 0 Å². The van der Waals surface area contributed by atoms with Crippen LogP contribution < -0.4 is 10.0 Å². The third-order valence-electron chi connectivity index (χ3n) is 3.15. The van der Waals surface area contributed by atoms with E-state index in [9.17, 15) is 8.42 Å². The maximum atomic E-state index is 12.1. The number of hydrogen-bond donors (Lipinski definition) is 2. The number of nitrogens with one attached hydrogen (secondary N) is 2. The Balaban J connectivity index is 0.00000180. The topological polar surface area (TPSA) is 58.2 Å². The van der Waals surface area contributed by atoms with Gasteiger partial charge in [-0.25, -0.2) is 13.1 Å². The van der Waals surface area contributed by atoms with Crippen LogP contribution >= 0.6 is 28.3 Å². The van der Waals surface area contributed by atoms with E-state index in [-0.39, 0.29) is 12.4 Å². The summed E-state index contributed by atoms with van der Waals surface area (Å²) in [6, 6.07) is 6.87. The molecule has 7 heteroatoms. The molecular formula is C12H18BrClN2O2S. The molecule has 108 valence electrons. The van der Waals surface area contributed by atoms with Crippen LogP contribution in [0.3, 0.4) is 0 Å². The van der Waals surface area contributed by atoms with Gasteiger partial charge in [0, 0.05) is 11.0 Å². The Kier molecular flexibility index (Phi) is 6.76. The van der Waals surface area contributed by atoms with E-state index in [1.165, 1.54) is 0 Å². The molecule has 2 rings (SSSR count). The third-order valence-corrected chi connectivity index (χ3v) is 5.58. The summed E-state index contributed by atoms with van der Waals surface area (Å²) in [6.07, 6.45) is 2.05. The van der Waals surface area contributed by atoms with Gasteiger partial charge in [-0.15, -0.1) is 12.4 Å². The second-order valence-electron chi connectivity index (χ2n) is 4.48. The number of benzene rings is 1. The monoisotopic (exact) mass is 368 g/mol. The first kappa shape index (κ1) is 16.9. The number of sulfonamides is 1. The molecule has 4 nitrogen and oxygen atoms in total. The molecule has 1 aromatic rings. The van der Waals surface area contributed by atoms with Crippen LogP contribution in [0.5, 0.6) is 0 Å². The molecule has 1 saturated heterocycles. The van der Waals surface area contributed by atoms with Crippen LogP contribution in [0, 0.1) is 5.92 Å². The largest absolute Gasteiger partial charge is 0.317 e. The molecule has 0 spiro atoms. The van der Waals surface area contributed by atoms with Crippen LogP contribution in [0.15, 0.2) is 33.6 Å². The van der Waals surface area contributed by atoms with Crippen molar-refractivity contribution in [3.63, 3.8) is 0 Å². The molecule has 0 bridgehead atoms. The molecule has 1 heterocycles. The van der Waals surface area contributed by atoms with Gasteiger partial charge in [-0.05, 0) is 59.9 Å². The van der Waals surface area contributed by atoms with E-state index in [4.69, 9.17) is 0 Å². The number of hydrogen-bond acceptors (Lipinski definition) is 3. The standard InChI is InChI=1S/C12H17BrN2O2S.ClH/c13-11-3-1-2-4-12(11)18(16,17)15-9-10-5-7-14-8-6-10;/h1-4,10,14-15H,5-9H2;1H. The zero-order chi connectivity index (χ0) is 13.0. The van der Waals surface area contributed by atoms with Crippen molar-refractivity contribution in [2.75, 3.05) is 19.6 Å². The van der Waals surface area contributed by atoms with Gasteiger partial charge in [-0.1, -0.05) is 12.1 Å². The molecular weight excluding hydrogens is 352 g/mol. The highest BCUT2D eigenvalue weighted by Gasteiger charge is 2.20. The van der Waals surface area contributed by atoms with Crippen LogP contribution in [0.4, 0.5) is 0 Å². The minimum Gasteiger partial charge on any atom is -0.317 e. The Hall–Kier alpha value is -0.140. The van der Waals surface area contributed by atoms with Crippen molar-refractivity contribution >= 4 is 38.4 Å². The van der Waals surface area contributed by atoms with E-state index >= 15 is 0 Å². The zero-order valence-electron chi connectivity index (χ0n) is 10.4. The maximum absolute atomic E-state index is 12.1. The molecule has 0 unspecified atom stereocenters. The Bertz CT molecular complexity index is 504. The van der Waals surface area contributed by atoms with Crippen LogP contribution in [0.25, 0.3) is 0 Å². The zero-order valence-corrected chi connectivity index (χ0v) is 13.7. The van der Waals surface area contributed by atoms with Crippen molar-refractivity contribution in [3.05, 3.63) is 28.7 Å². The predicted molar refractivity (Wildman–Crippen MR) is 82.2 cm³/mol. The summed E-state index contributed by atoms with van der Waals surface area (Å²) >= 11 is 3.27. The Morgan fingerprint density at radius 1 is 1.26 bits per heavy atom. The molecule has 0 aliphatic carbocycles. The van der Waals surface area contributed by atoms with Crippen LogP contribution in [0.1, 0.15) is 12.8 Å². The van der Waals surface area contributed by atoms with Crippen molar-refractivity contribution in [2.45, 2.75) is 17.7 Å². The van der Waals surface area contributed by atoms with Crippen molar-refractivity contribution < 1.29 is 8.42 Å². The Morgan fingerprint density at radius 2 is 1.89 bits per heavy atom. The minimum atomic E-state index is -3.41. The quantitative estimate of drug-likeness (QED) is 0.855. The summed E-state index contributed by atoms with van der Waals surface area (Å²) in [5.41, 5.74) is 0. The molecule has 0 radical (unpaired) electrons. The summed E-state index contributed by atoms with van der Waals surface area (Å²) in [4.78, 5) is 0.305. The average molecular weight is 370 g/mol. The molecule has 0 atom stereocenters. The molecule has 2 N–H and O–H groups in total. The van der Waals surface area contributed by atoms with E-state index in [0.29, 0.717) is 21.8 Å². The van der Waals surface area contributed by atoms with Gasteiger partial charge in [0.15, 0.2) is 0 Å². The molecule has 0 aromatic heterocycles. The molecule has 1 aliphatic heterocycles. The first-order valence-corrected chi connectivity index (χ1v) is 8.32. The first-order chi connectivity index (χ1) is 8.59. The number of halogens is 2. The second-order valence-corrected chi connectivity index (χ2v) is 7.07. The van der Waals surface area contributed by atoms with Gasteiger partial charge in [0.2, 0.25) is 10.0 Å². The van der Waals surface area contributed by atoms with E-state index in [1.807, 2.05) is 0 Å². The van der Waals surface area contributed by atoms with Crippen LogP contribution in [-0.2, 0) is 10.0 Å². The summed E-state index contributed by atoms with van der Waals surface area (Å²) < 4.78 is 27.6. The van der Waals surface area contributed by atoms with Crippen LogP contribution in [0.2, 0.25) is 0 Å². The second kappa shape index (κ2) is 7.59. The summed E-state index contributed by atoms with van der Waals surface area (Å²) in [5.74, 6) is 0.434. The van der Waals surface area contributed by atoms with Gasteiger partial charge in [-0.2, -0.15) is 0 Å². The van der Waals surface area contributed by atoms with E-state index in [1.54, 1.807) is 24.3 Å². The normalized spacial score (nSPS) is 16.9. The van der Waals surface area contributed by atoms with E-state index < -0.39 is 10.0 Å². The minimum absolute atomic E-state index is 0. The summed E-state index contributed by atoms with van der Waals surface area (Å²) in [6.45, 7) is 2.47. The lowest BCUT2D eigenvalue weighted by Gasteiger charge is -2.22. The molecule has 1 aliphatic rings. The van der Waals surface area contributed by atoms with Gasteiger partial charge in [0.1, 0.15) is 0 Å². The third kappa shape index (κ3) is 4.72.